The number of carbonyl (C=O) groups excluding carboxylic acids is 4. The number of hydrogen-bond acceptors (Lipinski definition) is 12. The molecule has 14 heteroatoms. The van der Waals surface area contributed by atoms with Gasteiger partial charge in [-0.15, -0.1) is 10.2 Å². The predicted molar refractivity (Wildman–Crippen MR) is 171 cm³/mol. The van der Waals surface area contributed by atoms with Gasteiger partial charge in [0.15, 0.2) is 23.2 Å². The van der Waals surface area contributed by atoms with E-state index in [1.807, 2.05) is 54.6 Å². The molecule has 0 aliphatic carbocycles. The fourth-order valence-electron chi connectivity index (χ4n) is 5.00. The van der Waals surface area contributed by atoms with Gasteiger partial charge in [0.1, 0.15) is 36.5 Å². The van der Waals surface area contributed by atoms with Crippen molar-refractivity contribution in [1.82, 2.24) is 20.1 Å². The van der Waals surface area contributed by atoms with E-state index in [2.05, 4.69) is 36.3 Å². The molecule has 13 nitrogen and oxygen atoms in total. The number of ether oxygens (including phenoxy) is 5. The number of rotatable bonds is 11. The lowest BCUT2D eigenvalue weighted by Gasteiger charge is -2.44. The minimum Gasteiger partial charge on any atom is -0.486 e. The molecule has 1 N–H and O–H groups in total. The zero-order valence-corrected chi connectivity index (χ0v) is 28.2. The molecule has 0 bridgehead atoms. The number of para-hydroxylation sites is 1. The Kier molecular flexibility index (Phi) is 11.6. The average Bonchev–Trinajstić information content (AvgIpc) is 3.39. The van der Waals surface area contributed by atoms with E-state index in [-0.39, 0.29) is 18.6 Å². The van der Waals surface area contributed by atoms with Crippen LogP contribution in [0.5, 0.6) is 5.75 Å². The number of nitrogens with zero attached hydrogens (tertiary/aromatic N) is 3. The Balaban J connectivity index is 1.70. The largest absolute Gasteiger partial charge is 0.486 e. The van der Waals surface area contributed by atoms with Crippen molar-refractivity contribution in [2.75, 3.05) is 6.61 Å². The Morgan fingerprint density at radius 3 is 2.09 bits per heavy atom. The van der Waals surface area contributed by atoms with E-state index < -0.39 is 53.6 Å². The van der Waals surface area contributed by atoms with Gasteiger partial charge in [-0.1, -0.05) is 62.9 Å². The summed E-state index contributed by atoms with van der Waals surface area (Å²) in [6.07, 6.45) is -3.45. The highest BCUT2D eigenvalue weighted by Crippen LogP contribution is 2.37. The maximum Gasteiger partial charge on any atom is 0.303 e. The first-order chi connectivity index (χ1) is 22.2. The summed E-state index contributed by atoms with van der Waals surface area (Å²) in [5.74, 6) is -1.26. The lowest BCUT2D eigenvalue weighted by atomic mass is 9.87. The van der Waals surface area contributed by atoms with Crippen LogP contribution in [-0.2, 0) is 50.1 Å². The molecule has 1 amide bonds. The van der Waals surface area contributed by atoms with Crippen molar-refractivity contribution in [2.45, 2.75) is 95.4 Å². The highest BCUT2D eigenvalue weighted by molar-refractivity contribution is 7.99. The Hall–Kier alpha value is -4.43. The van der Waals surface area contributed by atoms with Gasteiger partial charge < -0.3 is 29.0 Å². The van der Waals surface area contributed by atoms with E-state index in [0.717, 1.165) is 17.4 Å². The molecule has 47 heavy (non-hydrogen) atoms. The minimum absolute atomic E-state index is 0.00167. The minimum atomic E-state index is -1.20. The third-order valence-electron chi connectivity index (χ3n) is 7.10. The third-order valence-corrected chi connectivity index (χ3v) is 8.21. The third kappa shape index (κ3) is 9.55. The highest BCUT2D eigenvalue weighted by Gasteiger charge is 2.51. The summed E-state index contributed by atoms with van der Waals surface area (Å²) < 4.78 is 30.6. The second-order valence-corrected chi connectivity index (χ2v) is 13.0. The maximum absolute atomic E-state index is 12.4. The fourth-order valence-corrected chi connectivity index (χ4v) is 6.18. The number of thioether (sulfide) groups is 1. The summed E-state index contributed by atoms with van der Waals surface area (Å²) in [4.78, 5) is 48.5. The van der Waals surface area contributed by atoms with Crippen molar-refractivity contribution in [3.05, 3.63) is 66.0 Å². The van der Waals surface area contributed by atoms with Gasteiger partial charge in [-0.05, 0) is 35.2 Å². The van der Waals surface area contributed by atoms with E-state index in [9.17, 15) is 19.2 Å². The van der Waals surface area contributed by atoms with Crippen LogP contribution in [0.1, 0.15) is 59.9 Å². The summed E-state index contributed by atoms with van der Waals surface area (Å²) in [6.45, 7) is 11.1. The molecule has 5 atom stereocenters. The summed E-state index contributed by atoms with van der Waals surface area (Å²) in [5, 5.41) is 12.0. The molecule has 1 aliphatic rings. The molecule has 0 unspecified atom stereocenters. The number of nitrogens with one attached hydrogen (secondary N) is 1. The van der Waals surface area contributed by atoms with E-state index in [1.54, 1.807) is 4.57 Å². The van der Waals surface area contributed by atoms with Gasteiger partial charge in [0, 0.05) is 33.4 Å². The molecule has 0 spiro atoms. The van der Waals surface area contributed by atoms with E-state index in [0.29, 0.717) is 16.7 Å². The Morgan fingerprint density at radius 2 is 1.51 bits per heavy atom. The van der Waals surface area contributed by atoms with E-state index in [1.165, 1.54) is 33.3 Å². The second-order valence-electron chi connectivity index (χ2n) is 12.0. The molecular formula is C33H40N4O9S. The molecule has 3 aromatic rings. The van der Waals surface area contributed by atoms with Crippen molar-refractivity contribution in [1.29, 1.82) is 0 Å². The quantitative estimate of drug-likeness (QED) is 0.233. The lowest BCUT2D eigenvalue weighted by Crippen LogP contribution is -2.65. The zero-order chi connectivity index (χ0) is 34.3. The smallest absolute Gasteiger partial charge is 0.303 e. The van der Waals surface area contributed by atoms with Crippen molar-refractivity contribution in [3.63, 3.8) is 0 Å². The molecule has 1 aliphatic heterocycles. The van der Waals surface area contributed by atoms with Crippen LogP contribution in [0.25, 0.3) is 5.69 Å². The predicted octanol–water partition coefficient (Wildman–Crippen LogP) is 3.89. The lowest BCUT2D eigenvalue weighted by molar-refractivity contribution is -0.211. The maximum atomic E-state index is 12.4. The van der Waals surface area contributed by atoms with Crippen LogP contribution in [0.3, 0.4) is 0 Å². The van der Waals surface area contributed by atoms with Crippen LogP contribution in [-0.4, -0.2) is 75.0 Å². The molecule has 4 rings (SSSR count). The second kappa shape index (κ2) is 15.4. The fraction of sp³-hybridized carbons (Fsp3) is 0.455. The van der Waals surface area contributed by atoms with Gasteiger partial charge in [-0.2, -0.15) is 0 Å². The molecule has 1 saturated heterocycles. The Labute approximate surface area is 277 Å². The van der Waals surface area contributed by atoms with Gasteiger partial charge in [0.05, 0.1) is 0 Å². The first-order valence-corrected chi connectivity index (χ1v) is 15.9. The van der Waals surface area contributed by atoms with Gasteiger partial charge in [0.25, 0.3) is 0 Å². The Morgan fingerprint density at radius 1 is 0.872 bits per heavy atom. The molecule has 252 valence electrons. The van der Waals surface area contributed by atoms with E-state index >= 15 is 0 Å². The monoisotopic (exact) mass is 668 g/mol. The van der Waals surface area contributed by atoms with Crippen LogP contribution in [0, 0.1) is 0 Å². The summed E-state index contributed by atoms with van der Waals surface area (Å²) in [6, 6.07) is 16.2. The van der Waals surface area contributed by atoms with Crippen LogP contribution in [0.15, 0.2) is 59.8 Å². The van der Waals surface area contributed by atoms with Crippen LogP contribution in [0.2, 0.25) is 0 Å². The summed E-state index contributed by atoms with van der Waals surface area (Å²) >= 11 is 1.10. The van der Waals surface area contributed by atoms with Gasteiger partial charge in [-0.3, -0.25) is 23.7 Å². The molecule has 0 radical (unpaired) electrons. The molecule has 1 aromatic heterocycles. The number of esters is 3. The van der Waals surface area contributed by atoms with Crippen molar-refractivity contribution in [2.24, 2.45) is 0 Å². The van der Waals surface area contributed by atoms with Gasteiger partial charge in [0.2, 0.25) is 5.91 Å². The Bertz CT molecular complexity index is 1560. The zero-order valence-electron chi connectivity index (χ0n) is 27.4. The highest BCUT2D eigenvalue weighted by atomic mass is 32.2. The molecule has 0 saturated carbocycles. The average molecular weight is 669 g/mol. The molecule has 2 aromatic carbocycles. The van der Waals surface area contributed by atoms with Gasteiger partial charge in [-0.25, -0.2) is 0 Å². The van der Waals surface area contributed by atoms with E-state index in [4.69, 9.17) is 23.7 Å². The number of amides is 1. The molecule has 2 heterocycles. The first kappa shape index (κ1) is 35.4. The summed E-state index contributed by atoms with van der Waals surface area (Å²) in [5.41, 5.74) is 0.936. The first-order valence-electron chi connectivity index (χ1n) is 15.0. The van der Waals surface area contributed by atoms with Crippen molar-refractivity contribution < 1.29 is 42.9 Å². The number of hydrogen-bond donors (Lipinski definition) is 1. The topological polar surface area (TPSA) is 157 Å². The summed E-state index contributed by atoms with van der Waals surface area (Å²) in [7, 11) is 0. The molecular weight excluding hydrogens is 628 g/mol. The number of carbonyl (C=O) groups is 4. The van der Waals surface area contributed by atoms with Gasteiger partial charge >= 0.3 is 17.9 Å². The SMILES string of the molecule is CC(=O)N[C@H]1[C@@H](OC(C)=O)[C@H](OC(C)=O)[C@@H](COC(C)=O)O[C@H]1Sc1nnc(COc2ccc(C(C)(C)C)cc2)n1-c1ccccc1. The van der Waals surface area contributed by atoms with Crippen molar-refractivity contribution in [3.8, 4) is 11.4 Å². The van der Waals surface area contributed by atoms with Crippen LogP contribution in [0.4, 0.5) is 0 Å². The van der Waals surface area contributed by atoms with Crippen LogP contribution >= 0.6 is 11.8 Å². The number of aromatic nitrogens is 3. The normalized spacial score (nSPS) is 21.0. The number of benzene rings is 2. The van der Waals surface area contributed by atoms with Crippen LogP contribution < -0.4 is 10.1 Å². The van der Waals surface area contributed by atoms with Crippen molar-refractivity contribution >= 4 is 35.6 Å². The standard InChI is InChI=1S/C33H40N4O9S/c1-19(38)34-28-30(45-22(4)41)29(44-21(3)40)26(17-42-20(2)39)46-31(28)47-32-36-35-27(37(32)24-11-9-8-10-12-24)18-43-25-15-13-23(14-16-25)33(5,6)7/h8-16,26,28-31H,17-18H2,1-7H3,(H,34,38)/t26-,28+,29-,30-,31+/m1/s1. The molecule has 1 fully saturated rings.